The van der Waals surface area contributed by atoms with Gasteiger partial charge in [-0.2, -0.15) is 0 Å². The van der Waals surface area contributed by atoms with Crippen LogP contribution in [0.25, 0.3) is 0 Å². The summed E-state index contributed by atoms with van der Waals surface area (Å²) >= 11 is 0. The van der Waals surface area contributed by atoms with Gasteiger partial charge < -0.3 is 19.6 Å². The monoisotopic (exact) mass is 277 g/mol. The molecule has 1 atom stereocenters. The molecule has 0 aromatic carbocycles. The zero-order chi connectivity index (χ0) is 14.1. The van der Waals surface area contributed by atoms with Crippen LogP contribution in [-0.4, -0.2) is 53.9 Å². The Labute approximate surface area is 118 Å². The molecule has 0 radical (unpaired) electrons. The van der Waals surface area contributed by atoms with Gasteiger partial charge in [-0.1, -0.05) is 13.0 Å². The quantitative estimate of drug-likeness (QED) is 0.843. The second kappa shape index (κ2) is 5.28. The lowest BCUT2D eigenvalue weighted by molar-refractivity contribution is 0.122. The highest BCUT2D eigenvalue weighted by Crippen LogP contribution is 2.28. The van der Waals surface area contributed by atoms with Crippen LogP contribution in [0.2, 0.25) is 0 Å². The van der Waals surface area contributed by atoms with E-state index in [0.717, 1.165) is 43.4 Å². The van der Waals surface area contributed by atoms with Crippen LogP contribution in [0, 0.1) is 0 Å². The number of nitrogens with zero attached hydrogens (tertiary/aromatic N) is 3. The van der Waals surface area contributed by atoms with E-state index in [1.54, 1.807) is 0 Å². The molecule has 6 nitrogen and oxygen atoms in total. The Morgan fingerprint density at radius 2 is 2.15 bits per heavy atom. The van der Waals surface area contributed by atoms with Crippen LogP contribution in [0.3, 0.4) is 0 Å². The molecule has 108 valence electrons. The van der Waals surface area contributed by atoms with Gasteiger partial charge in [0.1, 0.15) is 5.82 Å². The summed E-state index contributed by atoms with van der Waals surface area (Å²) in [5.74, 6) is 1.11. The van der Waals surface area contributed by atoms with E-state index in [0.29, 0.717) is 13.1 Å². The largest absolute Gasteiger partial charge is 0.465 e. The topological polar surface area (TPSA) is 65.9 Å². The first-order valence-electron chi connectivity index (χ1n) is 6.95. The molecular weight excluding hydrogens is 258 g/mol. The molecule has 0 bridgehead atoms. The Morgan fingerprint density at radius 1 is 1.40 bits per heavy atom. The zero-order valence-corrected chi connectivity index (χ0v) is 11.6. The van der Waals surface area contributed by atoms with Gasteiger partial charge in [0.15, 0.2) is 0 Å². The lowest BCUT2D eigenvalue weighted by Crippen LogP contribution is -2.39. The maximum atomic E-state index is 11.1. The number of morpholine rings is 1. The number of anilines is 1. The molecule has 1 fully saturated rings. The summed E-state index contributed by atoms with van der Waals surface area (Å²) < 4.78 is 5.35. The molecule has 1 aromatic heterocycles. The van der Waals surface area contributed by atoms with Crippen molar-refractivity contribution in [3.63, 3.8) is 0 Å². The fraction of sp³-hybridized carbons (Fsp3) is 0.571. The molecule has 2 aliphatic heterocycles. The Kier molecular flexibility index (Phi) is 3.48. The Balaban J connectivity index is 1.85. The summed E-state index contributed by atoms with van der Waals surface area (Å²) in [4.78, 5) is 19.5. The molecule has 20 heavy (non-hydrogen) atoms. The van der Waals surface area contributed by atoms with Gasteiger partial charge in [0, 0.05) is 25.6 Å². The van der Waals surface area contributed by atoms with E-state index in [-0.39, 0.29) is 5.92 Å². The minimum absolute atomic E-state index is 0.135. The number of fused-ring (bicyclic) bond motifs is 1. The molecule has 0 saturated carbocycles. The van der Waals surface area contributed by atoms with E-state index in [1.165, 1.54) is 4.90 Å². The van der Waals surface area contributed by atoms with Gasteiger partial charge in [-0.25, -0.2) is 9.78 Å². The molecule has 0 aliphatic carbocycles. The SMILES string of the molecule is CC1CN(C(=O)O)Cc2ccc(N3CCOCC3)nc21. The van der Waals surface area contributed by atoms with E-state index in [1.807, 2.05) is 19.1 Å². The van der Waals surface area contributed by atoms with Gasteiger partial charge in [-0.15, -0.1) is 0 Å². The van der Waals surface area contributed by atoms with Crippen molar-refractivity contribution in [3.05, 3.63) is 23.4 Å². The van der Waals surface area contributed by atoms with Gasteiger partial charge in [0.05, 0.1) is 25.5 Å². The number of amides is 1. The van der Waals surface area contributed by atoms with Crippen LogP contribution >= 0.6 is 0 Å². The number of hydrogen-bond donors (Lipinski definition) is 1. The number of aromatic nitrogens is 1. The van der Waals surface area contributed by atoms with Crippen LogP contribution in [0.5, 0.6) is 0 Å². The number of ether oxygens (including phenoxy) is 1. The number of carbonyl (C=O) groups is 1. The highest BCUT2D eigenvalue weighted by Gasteiger charge is 2.27. The normalized spacial score (nSPS) is 22.6. The molecule has 1 aromatic rings. The second-order valence-corrected chi connectivity index (χ2v) is 5.38. The average Bonchev–Trinajstić information content (AvgIpc) is 2.47. The molecule has 1 unspecified atom stereocenters. The van der Waals surface area contributed by atoms with Crippen molar-refractivity contribution in [2.45, 2.75) is 19.4 Å². The maximum Gasteiger partial charge on any atom is 0.407 e. The van der Waals surface area contributed by atoms with E-state index < -0.39 is 6.09 Å². The lowest BCUT2D eigenvalue weighted by atomic mass is 9.96. The molecule has 0 spiro atoms. The second-order valence-electron chi connectivity index (χ2n) is 5.38. The maximum absolute atomic E-state index is 11.1. The molecule has 1 saturated heterocycles. The minimum Gasteiger partial charge on any atom is -0.465 e. The molecule has 3 heterocycles. The smallest absolute Gasteiger partial charge is 0.407 e. The van der Waals surface area contributed by atoms with Gasteiger partial charge >= 0.3 is 6.09 Å². The van der Waals surface area contributed by atoms with E-state index in [9.17, 15) is 4.79 Å². The summed E-state index contributed by atoms with van der Waals surface area (Å²) in [6.45, 7) is 6.18. The predicted octanol–water partition coefficient (Wildman–Crippen LogP) is 1.52. The average molecular weight is 277 g/mol. The molecule has 1 N–H and O–H groups in total. The summed E-state index contributed by atoms with van der Waals surface area (Å²) in [7, 11) is 0. The molecule has 1 amide bonds. The van der Waals surface area contributed by atoms with Crippen LogP contribution in [0.4, 0.5) is 10.6 Å². The highest BCUT2D eigenvalue weighted by molar-refractivity contribution is 5.65. The number of hydrogen-bond acceptors (Lipinski definition) is 4. The lowest BCUT2D eigenvalue weighted by Gasteiger charge is -2.33. The van der Waals surface area contributed by atoms with Gasteiger partial charge in [0.25, 0.3) is 0 Å². The van der Waals surface area contributed by atoms with Crippen LogP contribution in [0.1, 0.15) is 24.1 Å². The molecule has 2 aliphatic rings. The third-order valence-electron chi connectivity index (χ3n) is 3.93. The van der Waals surface area contributed by atoms with Gasteiger partial charge in [-0.3, -0.25) is 0 Å². The van der Waals surface area contributed by atoms with Gasteiger partial charge in [0.2, 0.25) is 0 Å². The zero-order valence-electron chi connectivity index (χ0n) is 11.6. The summed E-state index contributed by atoms with van der Waals surface area (Å²) in [6, 6.07) is 4.00. The summed E-state index contributed by atoms with van der Waals surface area (Å²) in [5.41, 5.74) is 2.05. The molecular formula is C14H19N3O3. The third-order valence-corrected chi connectivity index (χ3v) is 3.93. The predicted molar refractivity (Wildman–Crippen MR) is 74.1 cm³/mol. The first-order chi connectivity index (χ1) is 9.65. The van der Waals surface area contributed by atoms with Crippen LogP contribution in [-0.2, 0) is 11.3 Å². The Bertz CT molecular complexity index is 514. The Morgan fingerprint density at radius 3 is 2.85 bits per heavy atom. The van der Waals surface area contributed by atoms with Crippen molar-refractivity contribution in [3.8, 4) is 0 Å². The van der Waals surface area contributed by atoms with Crippen LogP contribution in [0.15, 0.2) is 12.1 Å². The molecule has 3 rings (SSSR count). The highest BCUT2D eigenvalue weighted by atomic mass is 16.5. The van der Waals surface area contributed by atoms with E-state index in [2.05, 4.69) is 4.90 Å². The van der Waals surface area contributed by atoms with Crippen molar-refractivity contribution in [2.75, 3.05) is 37.7 Å². The van der Waals surface area contributed by atoms with E-state index in [4.69, 9.17) is 14.8 Å². The minimum atomic E-state index is -0.861. The number of pyridine rings is 1. The number of rotatable bonds is 1. The summed E-state index contributed by atoms with van der Waals surface area (Å²) in [5, 5.41) is 9.12. The fourth-order valence-electron chi connectivity index (χ4n) is 2.85. The van der Waals surface area contributed by atoms with Crippen molar-refractivity contribution in [2.24, 2.45) is 0 Å². The van der Waals surface area contributed by atoms with Crippen molar-refractivity contribution >= 4 is 11.9 Å². The van der Waals surface area contributed by atoms with Gasteiger partial charge in [-0.05, 0) is 11.6 Å². The first kappa shape index (κ1) is 13.2. The van der Waals surface area contributed by atoms with Crippen LogP contribution < -0.4 is 4.90 Å². The third kappa shape index (κ3) is 2.43. The first-order valence-corrected chi connectivity index (χ1v) is 6.95. The standard InChI is InChI=1S/C14H19N3O3/c1-10-8-17(14(18)19)9-11-2-3-12(15-13(10)11)16-4-6-20-7-5-16/h2-3,10H,4-9H2,1H3,(H,18,19). The van der Waals surface area contributed by atoms with Crippen molar-refractivity contribution in [1.29, 1.82) is 0 Å². The van der Waals surface area contributed by atoms with Crippen molar-refractivity contribution < 1.29 is 14.6 Å². The fourth-order valence-corrected chi connectivity index (χ4v) is 2.85. The van der Waals surface area contributed by atoms with E-state index >= 15 is 0 Å². The molecule has 6 heteroatoms. The van der Waals surface area contributed by atoms with Crippen molar-refractivity contribution in [1.82, 2.24) is 9.88 Å². The number of carboxylic acid groups (broad SMARTS) is 1. The summed E-state index contributed by atoms with van der Waals surface area (Å²) in [6.07, 6.45) is -0.861. The Hall–Kier alpha value is -1.82.